The smallest absolute Gasteiger partial charge is 0.290 e. The molecule has 1 saturated heterocycles. The molecule has 5 nitrogen and oxygen atoms in total. The van der Waals surface area contributed by atoms with Gasteiger partial charge in [0.15, 0.2) is 15.6 Å². The number of rotatable bonds is 8. The summed E-state index contributed by atoms with van der Waals surface area (Å²) in [6, 6.07) is 14.9. The number of furan rings is 1. The van der Waals surface area contributed by atoms with Crippen LogP contribution in [0.25, 0.3) is 11.0 Å². The molecule has 1 amide bonds. The molecule has 1 aliphatic rings. The van der Waals surface area contributed by atoms with Crippen LogP contribution in [-0.2, 0) is 15.6 Å². The molecule has 0 saturated carbocycles. The van der Waals surface area contributed by atoms with Gasteiger partial charge in [-0.15, -0.1) is 11.8 Å². The number of benzene rings is 2. The van der Waals surface area contributed by atoms with Gasteiger partial charge in [-0.3, -0.25) is 4.79 Å². The lowest BCUT2D eigenvalue weighted by Gasteiger charge is -2.27. The second kappa shape index (κ2) is 9.89. The van der Waals surface area contributed by atoms with Crippen LogP contribution < -0.4 is 0 Å². The molecule has 0 bridgehead atoms. The molecule has 170 valence electrons. The number of carbonyl (C=O) groups is 1. The molecule has 1 aliphatic heterocycles. The zero-order valence-electron chi connectivity index (χ0n) is 17.9. The predicted molar refractivity (Wildman–Crippen MR) is 130 cm³/mol. The van der Waals surface area contributed by atoms with Gasteiger partial charge in [-0.2, -0.15) is 0 Å². The van der Waals surface area contributed by atoms with E-state index < -0.39 is 9.84 Å². The molecule has 3 aromatic rings. The van der Waals surface area contributed by atoms with E-state index in [-0.39, 0.29) is 23.5 Å². The Balaban J connectivity index is 1.67. The highest BCUT2D eigenvalue weighted by atomic mass is 35.5. The van der Waals surface area contributed by atoms with Crippen molar-refractivity contribution in [1.29, 1.82) is 0 Å². The predicted octanol–water partition coefficient (Wildman–Crippen LogP) is 5.81. The van der Waals surface area contributed by atoms with Crippen molar-refractivity contribution in [3.05, 3.63) is 64.9 Å². The standard InChI is InChI=1S/C24H26ClNO4S2/c1-2-3-13-26(18-12-14-32(28,29)16-18)24(27)23-21(20-6-4-5-7-22(20)30-23)15-31-19-10-8-17(25)9-11-19/h4-11,18H,2-3,12-16H2,1H3. The maximum atomic E-state index is 13.7. The third-order valence-corrected chi connectivity index (χ3v) is 8.79. The maximum absolute atomic E-state index is 13.7. The minimum Gasteiger partial charge on any atom is -0.451 e. The Kier molecular flexibility index (Phi) is 7.17. The topological polar surface area (TPSA) is 67.6 Å². The molecule has 0 aliphatic carbocycles. The summed E-state index contributed by atoms with van der Waals surface area (Å²) < 4.78 is 30.3. The van der Waals surface area contributed by atoms with Gasteiger partial charge in [-0.25, -0.2) is 8.42 Å². The monoisotopic (exact) mass is 491 g/mol. The van der Waals surface area contributed by atoms with Gasteiger partial charge in [0.1, 0.15) is 5.58 Å². The fourth-order valence-corrected chi connectivity index (χ4v) is 6.81. The third-order valence-electron chi connectivity index (χ3n) is 5.75. The lowest BCUT2D eigenvalue weighted by molar-refractivity contribution is 0.0663. The van der Waals surface area contributed by atoms with Crippen LogP contribution in [0.3, 0.4) is 0 Å². The molecule has 2 heterocycles. The van der Waals surface area contributed by atoms with Gasteiger partial charge in [0.25, 0.3) is 5.91 Å². The number of hydrogen-bond donors (Lipinski definition) is 0. The number of thioether (sulfide) groups is 1. The van der Waals surface area contributed by atoms with Crippen LogP contribution in [-0.4, -0.2) is 43.3 Å². The Morgan fingerprint density at radius 2 is 1.94 bits per heavy atom. The summed E-state index contributed by atoms with van der Waals surface area (Å²) in [6.45, 7) is 2.58. The number of fused-ring (bicyclic) bond motifs is 1. The van der Waals surface area contributed by atoms with Gasteiger partial charge in [0.2, 0.25) is 0 Å². The van der Waals surface area contributed by atoms with Gasteiger partial charge >= 0.3 is 0 Å². The normalized spacial score (nSPS) is 17.6. The van der Waals surface area contributed by atoms with E-state index in [0.717, 1.165) is 28.7 Å². The van der Waals surface area contributed by atoms with Crippen LogP contribution in [0.2, 0.25) is 5.02 Å². The quantitative estimate of drug-likeness (QED) is 0.372. The van der Waals surface area contributed by atoms with Gasteiger partial charge < -0.3 is 9.32 Å². The molecule has 1 fully saturated rings. The van der Waals surface area contributed by atoms with E-state index in [0.29, 0.717) is 35.1 Å². The van der Waals surface area contributed by atoms with Crippen molar-refractivity contribution >= 4 is 50.1 Å². The van der Waals surface area contributed by atoms with E-state index in [1.807, 2.05) is 48.5 Å². The minimum atomic E-state index is -3.11. The summed E-state index contributed by atoms with van der Waals surface area (Å²) in [7, 11) is -3.11. The first-order chi connectivity index (χ1) is 15.4. The molecular weight excluding hydrogens is 466 g/mol. The lowest BCUT2D eigenvalue weighted by Crippen LogP contribution is -2.42. The van der Waals surface area contributed by atoms with E-state index in [1.54, 1.807) is 16.7 Å². The molecule has 1 aromatic heterocycles. The van der Waals surface area contributed by atoms with E-state index in [9.17, 15) is 13.2 Å². The fourth-order valence-electron chi connectivity index (χ4n) is 4.03. The van der Waals surface area contributed by atoms with Crippen molar-refractivity contribution in [2.45, 2.75) is 42.9 Å². The minimum absolute atomic E-state index is 0.0253. The van der Waals surface area contributed by atoms with Gasteiger partial charge in [0, 0.05) is 39.2 Å². The third kappa shape index (κ3) is 5.16. The van der Waals surface area contributed by atoms with Crippen molar-refractivity contribution in [2.24, 2.45) is 0 Å². The van der Waals surface area contributed by atoms with E-state index >= 15 is 0 Å². The Hall–Kier alpha value is -1.96. The molecule has 0 radical (unpaired) electrons. The SMILES string of the molecule is CCCCN(C(=O)c1oc2ccccc2c1CSc1ccc(Cl)cc1)C1CCS(=O)(=O)C1. The average molecular weight is 492 g/mol. The van der Waals surface area contributed by atoms with Gasteiger partial charge in [-0.05, 0) is 43.2 Å². The van der Waals surface area contributed by atoms with Crippen molar-refractivity contribution in [1.82, 2.24) is 4.90 Å². The first kappa shape index (κ1) is 23.2. The summed E-state index contributed by atoms with van der Waals surface area (Å²) in [4.78, 5) is 16.5. The molecule has 32 heavy (non-hydrogen) atoms. The Bertz CT molecular complexity index is 1200. The summed E-state index contributed by atoms with van der Waals surface area (Å²) in [6.07, 6.45) is 2.22. The highest BCUT2D eigenvalue weighted by Crippen LogP contribution is 2.34. The zero-order chi connectivity index (χ0) is 22.7. The summed E-state index contributed by atoms with van der Waals surface area (Å²) >= 11 is 7.61. The molecule has 4 rings (SSSR count). The largest absolute Gasteiger partial charge is 0.451 e. The molecule has 0 spiro atoms. The number of carbonyl (C=O) groups excluding carboxylic acids is 1. The van der Waals surface area contributed by atoms with Crippen LogP contribution in [0, 0.1) is 0 Å². The first-order valence-corrected chi connectivity index (χ1v) is 14.0. The number of hydrogen-bond acceptors (Lipinski definition) is 5. The van der Waals surface area contributed by atoms with E-state index in [2.05, 4.69) is 6.92 Å². The number of halogens is 1. The number of amides is 1. The summed E-state index contributed by atoms with van der Waals surface area (Å²) in [5.74, 6) is 0.811. The molecule has 8 heteroatoms. The molecule has 0 N–H and O–H groups in total. The van der Waals surface area contributed by atoms with E-state index in [1.165, 1.54) is 0 Å². The van der Waals surface area contributed by atoms with Crippen molar-refractivity contribution < 1.29 is 17.6 Å². The van der Waals surface area contributed by atoms with E-state index in [4.69, 9.17) is 16.0 Å². The number of sulfone groups is 1. The fraction of sp³-hybridized carbons (Fsp3) is 0.375. The molecule has 1 atom stereocenters. The van der Waals surface area contributed by atoms with Crippen LogP contribution in [0.1, 0.15) is 42.3 Å². The Morgan fingerprint density at radius 3 is 2.62 bits per heavy atom. The molecule has 1 unspecified atom stereocenters. The number of nitrogens with zero attached hydrogens (tertiary/aromatic N) is 1. The molecular formula is C24H26ClNO4S2. The zero-order valence-corrected chi connectivity index (χ0v) is 20.3. The average Bonchev–Trinajstić information content (AvgIpc) is 3.33. The van der Waals surface area contributed by atoms with Crippen molar-refractivity contribution in [2.75, 3.05) is 18.1 Å². The van der Waals surface area contributed by atoms with Crippen LogP contribution in [0.4, 0.5) is 0 Å². The lowest BCUT2D eigenvalue weighted by atomic mass is 10.1. The Labute approximate surface area is 198 Å². The Morgan fingerprint density at radius 1 is 1.19 bits per heavy atom. The van der Waals surface area contributed by atoms with Crippen molar-refractivity contribution in [3.8, 4) is 0 Å². The maximum Gasteiger partial charge on any atom is 0.290 e. The van der Waals surface area contributed by atoms with Gasteiger partial charge in [-0.1, -0.05) is 43.1 Å². The second-order valence-corrected chi connectivity index (χ2v) is 11.8. The first-order valence-electron chi connectivity index (χ1n) is 10.8. The number of para-hydroxylation sites is 1. The summed E-state index contributed by atoms with van der Waals surface area (Å²) in [5, 5.41) is 1.59. The highest BCUT2D eigenvalue weighted by Gasteiger charge is 2.36. The van der Waals surface area contributed by atoms with Crippen LogP contribution >= 0.6 is 23.4 Å². The summed E-state index contributed by atoms with van der Waals surface area (Å²) in [5.41, 5.74) is 1.50. The van der Waals surface area contributed by atoms with Crippen molar-refractivity contribution in [3.63, 3.8) is 0 Å². The number of unbranched alkanes of at least 4 members (excludes halogenated alkanes) is 1. The van der Waals surface area contributed by atoms with Crippen LogP contribution in [0.5, 0.6) is 0 Å². The second-order valence-electron chi connectivity index (χ2n) is 8.06. The van der Waals surface area contributed by atoms with Crippen LogP contribution in [0.15, 0.2) is 57.8 Å². The molecule has 2 aromatic carbocycles. The highest BCUT2D eigenvalue weighted by molar-refractivity contribution is 7.98. The van der Waals surface area contributed by atoms with Gasteiger partial charge in [0.05, 0.1) is 11.5 Å².